The molecule has 9 heteroatoms. The largest absolute Gasteiger partial charge is 0.449 e. The van der Waals surface area contributed by atoms with Crippen LogP contribution in [0.3, 0.4) is 0 Å². The number of amides is 1. The van der Waals surface area contributed by atoms with Gasteiger partial charge in [-0.3, -0.25) is 4.79 Å². The summed E-state index contributed by atoms with van der Waals surface area (Å²) in [5.41, 5.74) is 0.343. The summed E-state index contributed by atoms with van der Waals surface area (Å²) in [6.45, 7) is 4.73. The van der Waals surface area contributed by atoms with Crippen molar-refractivity contribution in [3.63, 3.8) is 0 Å². The summed E-state index contributed by atoms with van der Waals surface area (Å²) in [6.07, 6.45) is -1.15. The molecule has 150 valence electrons. The molecule has 0 aliphatic carbocycles. The van der Waals surface area contributed by atoms with E-state index >= 15 is 0 Å². The van der Waals surface area contributed by atoms with Crippen LogP contribution in [0.2, 0.25) is 0 Å². The van der Waals surface area contributed by atoms with Crippen molar-refractivity contribution in [1.29, 1.82) is 0 Å². The molecule has 0 aliphatic heterocycles. The van der Waals surface area contributed by atoms with E-state index in [-0.39, 0.29) is 16.5 Å². The van der Waals surface area contributed by atoms with Crippen molar-refractivity contribution in [3.05, 3.63) is 59.9 Å². The Balaban J connectivity index is 2.06. The molecule has 1 atom stereocenters. The molecule has 0 spiro atoms. The van der Waals surface area contributed by atoms with Crippen molar-refractivity contribution < 1.29 is 27.1 Å². The van der Waals surface area contributed by atoms with E-state index in [0.29, 0.717) is 5.69 Å². The Labute approximate surface area is 163 Å². The summed E-state index contributed by atoms with van der Waals surface area (Å²) in [5.74, 6) is -1.90. The predicted molar refractivity (Wildman–Crippen MR) is 102 cm³/mol. The van der Waals surface area contributed by atoms with Crippen molar-refractivity contribution in [1.82, 2.24) is 4.72 Å². The third-order valence-electron chi connectivity index (χ3n) is 3.54. The molecule has 2 N–H and O–H groups in total. The molecule has 0 saturated heterocycles. The Hall–Kier alpha value is -2.78. The highest BCUT2D eigenvalue weighted by atomic mass is 32.2. The molecule has 0 unspecified atom stereocenters. The molecular formula is C19H21FN2O5S. The average Bonchev–Trinajstić information content (AvgIpc) is 2.62. The number of anilines is 1. The molecule has 2 aromatic rings. The van der Waals surface area contributed by atoms with Crippen LogP contribution in [0.15, 0.2) is 53.4 Å². The minimum absolute atomic E-state index is 0.00642. The van der Waals surface area contributed by atoms with Gasteiger partial charge in [0, 0.05) is 11.7 Å². The molecule has 0 saturated carbocycles. The van der Waals surface area contributed by atoms with Crippen molar-refractivity contribution >= 4 is 27.6 Å². The summed E-state index contributed by atoms with van der Waals surface area (Å²) in [6, 6.07) is 10.1. The fraction of sp³-hybridized carbons (Fsp3) is 0.263. The lowest BCUT2D eigenvalue weighted by Crippen LogP contribution is -2.31. The fourth-order valence-electron chi connectivity index (χ4n) is 2.23. The minimum atomic E-state index is -3.77. The van der Waals surface area contributed by atoms with Gasteiger partial charge >= 0.3 is 5.97 Å². The molecule has 0 bridgehead atoms. The van der Waals surface area contributed by atoms with E-state index in [4.69, 9.17) is 4.74 Å². The first-order valence-electron chi connectivity index (χ1n) is 8.48. The lowest BCUT2D eigenvalue weighted by molar-refractivity contribution is -0.123. The highest BCUT2D eigenvalue weighted by molar-refractivity contribution is 7.89. The molecule has 2 rings (SSSR count). The quantitative estimate of drug-likeness (QED) is 0.686. The van der Waals surface area contributed by atoms with E-state index in [0.717, 1.165) is 0 Å². The Bertz CT molecular complexity index is 959. The number of halogens is 1. The summed E-state index contributed by atoms with van der Waals surface area (Å²) in [5, 5.41) is 2.49. The third kappa shape index (κ3) is 5.86. The van der Waals surface area contributed by atoms with Gasteiger partial charge in [0.05, 0.1) is 10.5 Å². The van der Waals surface area contributed by atoms with Crippen molar-refractivity contribution in [2.75, 3.05) is 5.32 Å². The van der Waals surface area contributed by atoms with Crippen LogP contribution in [0.5, 0.6) is 0 Å². The molecule has 0 fully saturated rings. The number of hydrogen-bond acceptors (Lipinski definition) is 5. The highest BCUT2D eigenvalue weighted by Gasteiger charge is 2.21. The van der Waals surface area contributed by atoms with Crippen LogP contribution in [-0.4, -0.2) is 32.4 Å². The standard InChI is InChI=1S/C19H21FN2O5S/c1-12(2)22-28(25,26)17-6-4-5-14(11-17)19(24)27-13(3)18(23)21-16-9-7-15(20)8-10-16/h4-13,22H,1-3H3,(H,21,23)/t13-/m0/s1. The van der Waals surface area contributed by atoms with E-state index in [2.05, 4.69) is 10.0 Å². The summed E-state index contributed by atoms with van der Waals surface area (Å²) < 4.78 is 44.9. The SMILES string of the molecule is CC(C)NS(=O)(=O)c1cccc(C(=O)O[C@@H](C)C(=O)Nc2ccc(F)cc2)c1. The second-order valence-corrected chi connectivity index (χ2v) is 8.06. The van der Waals surface area contributed by atoms with Gasteiger partial charge in [0.25, 0.3) is 5.91 Å². The molecule has 0 aliphatic rings. The van der Waals surface area contributed by atoms with Crippen LogP contribution < -0.4 is 10.0 Å². The number of carbonyl (C=O) groups is 2. The normalized spacial score (nSPS) is 12.5. The molecule has 0 radical (unpaired) electrons. The van der Waals surface area contributed by atoms with Crippen LogP contribution in [0.1, 0.15) is 31.1 Å². The number of esters is 1. The second-order valence-electron chi connectivity index (χ2n) is 6.35. The van der Waals surface area contributed by atoms with Gasteiger partial charge in [0.2, 0.25) is 10.0 Å². The van der Waals surface area contributed by atoms with Gasteiger partial charge in [-0.15, -0.1) is 0 Å². The smallest absolute Gasteiger partial charge is 0.338 e. The van der Waals surface area contributed by atoms with Crippen LogP contribution >= 0.6 is 0 Å². The van der Waals surface area contributed by atoms with Crippen LogP contribution in [0.4, 0.5) is 10.1 Å². The van der Waals surface area contributed by atoms with E-state index in [9.17, 15) is 22.4 Å². The fourth-order valence-corrected chi connectivity index (χ4v) is 3.52. The molecule has 1 amide bonds. The Morgan fingerprint density at radius 1 is 1.04 bits per heavy atom. The number of sulfonamides is 1. The summed E-state index contributed by atoms with van der Waals surface area (Å²) in [7, 11) is -3.77. The van der Waals surface area contributed by atoms with Gasteiger partial charge in [-0.1, -0.05) is 6.07 Å². The van der Waals surface area contributed by atoms with Gasteiger partial charge in [-0.25, -0.2) is 22.3 Å². The molecule has 0 aromatic heterocycles. The molecule has 28 heavy (non-hydrogen) atoms. The number of carbonyl (C=O) groups excluding carboxylic acids is 2. The van der Waals surface area contributed by atoms with Crippen molar-refractivity contribution in [2.24, 2.45) is 0 Å². The Morgan fingerprint density at radius 2 is 1.68 bits per heavy atom. The summed E-state index contributed by atoms with van der Waals surface area (Å²) in [4.78, 5) is 24.3. The topological polar surface area (TPSA) is 102 Å². The number of rotatable bonds is 7. The predicted octanol–water partition coefficient (Wildman–Crippen LogP) is 2.70. The van der Waals surface area contributed by atoms with Gasteiger partial charge in [-0.2, -0.15) is 0 Å². The van der Waals surface area contributed by atoms with E-state index in [1.54, 1.807) is 13.8 Å². The Kier molecular flexibility index (Phi) is 6.87. The van der Waals surface area contributed by atoms with Crippen molar-refractivity contribution in [2.45, 2.75) is 37.8 Å². The monoisotopic (exact) mass is 408 g/mol. The maximum absolute atomic E-state index is 12.9. The zero-order valence-corrected chi connectivity index (χ0v) is 16.4. The van der Waals surface area contributed by atoms with Crippen LogP contribution in [-0.2, 0) is 19.6 Å². The zero-order chi connectivity index (χ0) is 20.9. The maximum atomic E-state index is 12.9. The number of nitrogens with one attached hydrogen (secondary N) is 2. The third-order valence-corrected chi connectivity index (χ3v) is 5.19. The Morgan fingerprint density at radius 3 is 2.29 bits per heavy atom. The van der Waals surface area contributed by atoms with E-state index < -0.39 is 33.8 Å². The second kappa shape index (κ2) is 8.94. The number of hydrogen-bond donors (Lipinski definition) is 2. The lowest BCUT2D eigenvalue weighted by Gasteiger charge is -2.14. The van der Waals surface area contributed by atoms with Gasteiger partial charge in [-0.05, 0) is 63.2 Å². The maximum Gasteiger partial charge on any atom is 0.338 e. The van der Waals surface area contributed by atoms with Crippen LogP contribution in [0, 0.1) is 5.82 Å². The first kappa shape index (κ1) is 21.5. The van der Waals surface area contributed by atoms with E-state index in [1.807, 2.05) is 0 Å². The first-order valence-corrected chi connectivity index (χ1v) is 9.96. The molecule has 2 aromatic carbocycles. The van der Waals surface area contributed by atoms with Gasteiger partial charge < -0.3 is 10.1 Å². The van der Waals surface area contributed by atoms with Crippen LogP contribution in [0.25, 0.3) is 0 Å². The molecular weight excluding hydrogens is 387 g/mol. The minimum Gasteiger partial charge on any atom is -0.449 e. The van der Waals surface area contributed by atoms with E-state index in [1.165, 1.54) is 55.5 Å². The van der Waals surface area contributed by atoms with Gasteiger partial charge in [0.1, 0.15) is 5.82 Å². The number of benzene rings is 2. The number of ether oxygens (including phenoxy) is 1. The van der Waals surface area contributed by atoms with Crippen molar-refractivity contribution in [3.8, 4) is 0 Å². The lowest BCUT2D eigenvalue weighted by atomic mass is 10.2. The summed E-state index contributed by atoms with van der Waals surface area (Å²) >= 11 is 0. The molecule has 7 nitrogen and oxygen atoms in total. The highest BCUT2D eigenvalue weighted by Crippen LogP contribution is 2.14. The van der Waals surface area contributed by atoms with Gasteiger partial charge in [0.15, 0.2) is 6.10 Å². The molecule has 0 heterocycles. The zero-order valence-electron chi connectivity index (χ0n) is 15.6. The first-order chi connectivity index (χ1) is 13.1. The average molecular weight is 408 g/mol.